The first-order chi connectivity index (χ1) is 7.24. The highest BCUT2D eigenvalue weighted by Crippen LogP contribution is 2.23. The van der Waals surface area contributed by atoms with E-state index < -0.39 is 0 Å². The maximum atomic E-state index is 11.3. The highest BCUT2D eigenvalue weighted by atomic mass is 16.1. The quantitative estimate of drug-likeness (QED) is 0.739. The lowest BCUT2D eigenvalue weighted by Gasteiger charge is -2.04. The Bertz CT molecular complexity index is 565. The number of aromatic amines is 1. The number of nitrogens with zero attached hydrogens (tertiary/aromatic N) is 3. The van der Waals surface area contributed by atoms with Crippen LogP contribution in [0, 0.1) is 6.92 Å². The number of H-pyrrole nitrogens is 1. The summed E-state index contributed by atoms with van der Waals surface area (Å²) < 4.78 is 1.46. The molecule has 2 aromatic heterocycles. The number of aryl methyl sites for hydroxylation is 1. The predicted molar refractivity (Wildman–Crippen MR) is 55.0 cm³/mol. The standard InChI is InChI=1S/C9H11N5O/c1-5-10-7(11-6-2-3-6)4-8-12-13-9(15)14(5)8/h4,6,11H,2-3H2,1H3,(H,13,15). The van der Waals surface area contributed by atoms with Gasteiger partial charge in [-0.05, 0) is 19.8 Å². The van der Waals surface area contributed by atoms with Crippen molar-refractivity contribution in [1.29, 1.82) is 0 Å². The van der Waals surface area contributed by atoms with Gasteiger partial charge in [0.15, 0.2) is 5.65 Å². The van der Waals surface area contributed by atoms with Gasteiger partial charge in [0.2, 0.25) is 0 Å². The van der Waals surface area contributed by atoms with Crippen molar-refractivity contribution in [3.8, 4) is 0 Å². The summed E-state index contributed by atoms with van der Waals surface area (Å²) in [5, 5.41) is 9.59. The van der Waals surface area contributed by atoms with Crippen LogP contribution in [0.3, 0.4) is 0 Å². The molecule has 15 heavy (non-hydrogen) atoms. The maximum absolute atomic E-state index is 11.3. The van der Waals surface area contributed by atoms with Crippen LogP contribution >= 0.6 is 0 Å². The second kappa shape index (κ2) is 2.82. The SMILES string of the molecule is Cc1nc(NC2CC2)cc2n[nH]c(=O)n12. The third kappa shape index (κ3) is 1.38. The van der Waals surface area contributed by atoms with E-state index in [1.54, 1.807) is 13.0 Å². The van der Waals surface area contributed by atoms with Crippen LogP contribution in [0.1, 0.15) is 18.7 Å². The van der Waals surface area contributed by atoms with Gasteiger partial charge >= 0.3 is 5.69 Å². The molecule has 6 heteroatoms. The van der Waals surface area contributed by atoms with Gasteiger partial charge in [-0.2, -0.15) is 5.10 Å². The Morgan fingerprint density at radius 3 is 3.13 bits per heavy atom. The van der Waals surface area contributed by atoms with Gasteiger partial charge in [0.05, 0.1) is 0 Å². The van der Waals surface area contributed by atoms with Crippen molar-refractivity contribution < 1.29 is 0 Å². The molecule has 0 radical (unpaired) electrons. The zero-order valence-corrected chi connectivity index (χ0v) is 8.32. The van der Waals surface area contributed by atoms with Crippen molar-refractivity contribution in [2.24, 2.45) is 0 Å². The van der Waals surface area contributed by atoms with Gasteiger partial charge in [-0.25, -0.2) is 19.3 Å². The number of hydrogen-bond donors (Lipinski definition) is 2. The smallest absolute Gasteiger partial charge is 0.349 e. The van der Waals surface area contributed by atoms with E-state index >= 15 is 0 Å². The zero-order chi connectivity index (χ0) is 10.4. The Labute approximate surface area is 85.3 Å². The summed E-state index contributed by atoms with van der Waals surface area (Å²) in [6, 6.07) is 2.33. The van der Waals surface area contributed by atoms with Crippen molar-refractivity contribution >= 4 is 11.5 Å². The van der Waals surface area contributed by atoms with E-state index in [1.807, 2.05) is 0 Å². The molecule has 1 fully saturated rings. The highest BCUT2D eigenvalue weighted by molar-refractivity contribution is 5.50. The van der Waals surface area contributed by atoms with Gasteiger partial charge in [0.1, 0.15) is 11.6 Å². The van der Waals surface area contributed by atoms with Crippen molar-refractivity contribution in [1.82, 2.24) is 19.6 Å². The molecule has 6 nitrogen and oxygen atoms in total. The predicted octanol–water partition coefficient (Wildman–Crippen LogP) is 0.300. The monoisotopic (exact) mass is 205 g/mol. The molecule has 0 aliphatic heterocycles. The second-order valence-corrected chi connectivity index (χ2v) is 3.83. The Balaban J connectivity index is 2.14. The fraction of sp³-hybridized carbons (Fsp3) is 0.444. The molecule has 0 bridgehead atoms. The Morgan fingerprint density at radius 1 is 1.60 bits per heavy atom. The van der Waals surface area contributed by atoms with Crippen LogP contribution in [0.25, 0.3) is 5.65 Å². The van der Waals surface area contributed by atoms with Gasteiger partial charge < -0.3 is 5.32 Å². The average Bonchev–Trinajstić information content (AvgIpc) is 2.90. The molecule has 78 valence electrons. The lowest BCUT2D eigenvalue weighted by molar-refractivity contribution is 0.931. The molecule has 0 aromatic carbocycles. The van der Waals surface area contributed by atoms with E-state index in [0.29, 0.717) is 17.5 Å². The summed E-state index contributed by atoms with van der Waals surface area (Å²) in [6.45, 7) is 1.79. The Morgan fingerprint density at radius 2 is 2.40 bits per heavy atom. The number of nitrogens with one attached hydrogen (secondary N) is 2. The summed E-state index contributed by atoms with van der Waals surface area (Å²) in [5.41, 5.74) is 0.364. The second-order valence-electron chi connectivity index (χ2n) is 3.83. The van der Waals surface area contributed by atoms with E-state index in [0.717, 1.165) is 5.82 Å². The molecule has 1 aliphatic carbocycles. The molecular formula is C9H11N5O. The minimum absolute atomic E-state index is 0.243. The fourth-order valence-electron chi connectivity index (χ4n) is 1.61. The van der Waals surface area contributed by atoms with E-state index in [2.05, 4.69) is 20.5 Å². The summed E-state index contributed by atoms with van der Waals surface area (Å²) in [5.74, 6) is 1.44. The van der Waals surface area contributed by atoms with Crippen LogP contribution in [0.5, 0.6) is 0 Å². The minimum atomic E-state index is -0.243. The number of anilines is 1. The van der Waals surface area contributed by atoms with E-state index in [4.69, 9.17) is 0 Å². The lowest BCUT2D eigenvalue weighted by Crippen LogP contribution is -2.14. The Hall–Kier alpha value is -1.85. The number of hydrogen-bond acceptors (Lipinski definition) is 4. The van der Waals surface area contributed by atoms with Crippen LogP contribution in [0.15, 0.2) is 10.9 Å². The van der Waals surface area contributed by atoms with E-state index in [-0.39, 0.29) is 5.69 Å². The van der Waals surface area contributed by atoms with Crippen LogP contribution in [0.2, 0.25) is 0 Å². The van der Waals surface area contributed by atoms with Crippen molar-refractivity contribution in [2.75, 3.05) is 5.32 Å². The first kappa shape index (κ1) is 8.46. The first-order valence-corrected chi connectivity index (χ1v) is 4.95. The van der Waals surface area contributed by atoms with Crippen molar-refractivity contribution in [2.45, 2.75) is 25.8 Å². The minimum Gasteiger partial charge on any atom is -0.367 e. The largest absolute Gasteiger partial charge is 0.367 e. The topological polar surface area (TPSA) is 75.1 Å². The number of fused-ring (bicyclic) bond motifs is 1. The van der Waals surface area contributed by atoms with Crippen molar-refractivity contribution in [3.05, 3.63) is 22.4 Å². The molecule has 0 unspecified atom stereocenters. The van der Waals surface area contributed by atoms with Crippen LogP contribution in [0.4, 0.5) is 5.82 Å². The van der Waals surface area contributed by atoms with E-state index in [1.165, 1.54) is 17.2 Å². The highest BCUT2D eigenvalue weighted by Gasteiger charge is 2.21. The van der Waals surface area contributed by atoms with E-state index in [9.17, 15) is 4.79 Å². The normalized spacial score (nSPS) is 15.8. The fourth-order valence-corrected chi connectivity index (χ4v) is 1.61. The molecule has 0 atom stereocenters. The molecule has 2 aromatic rings. The molecule has 0 amide bonds. The lowest BCUT2D eigenvalue weighted by atomic mass is 10.5. The molecule has 2 N–H and O–H groups in total. The van der Waals surface area contributed by atoms with Gasteiger partial charge in [0.25, 0.3) is 0 Å². The van der Waals surface area contributed by atoms with Gasteiger partial charge in [-0.3, -0.25) is 0 Å². The molecular weight excluding hydrogens is 194 g/mol. The summed E-state index contributed by atoms with van der Waals surface area (Å²) >= 11 is 0. The summed E-state index contributed by atoms with van der Waals surface area (Å²) in [7, 11) is 0. The third-order valence-corrected chi connectivity index (χ3v) is 2.50. The average molecular weight is 205 g/mol. The van der Waals surface area contributed by atoms with Crippen LogP contribution < -0.4 is 11.0 Å². The molecule has 3 rings (SSSR count). The van der Waals surface area contributed by atoms with Crippen molar-refractivity contribution in [3.63, 3.8) is 0 Å². The molecule has 1 aliphatic rings. The molecule has 2 heterocycles. The first-order valence-electron chi connectivity index (χ1n) is 4.95. The third-order valence-electron chi connectivity index (χ3n) is 2.50. The summed E-state index contributed by atoms with van der Waals surface area (Å²) in [4.78, 5) is 15.6. The Kier molecular flexibility index (Phi) is 1.59. The van der Waals surface area contributed by atoms with Gasteiger partial charge in [-0.15, -0.1) is 0 Å². The zero-order valence-electron chi connectivity index (χ0n) is 8.32. The molecule has 0 saturated heterocycles. The van der Waals surface area contributed by atoms with Gasteiger partial charge in [-0.1, -0.05) is 0 Å². The van der Waals surface area contributed by atoms with Crippen LogP contribution in [-0.2, 0) is 0 Å². The van der Waals surface area contributed by atoms with Gasteiger partial charge in [0, 0.05) is 12.1 Å². The number of aromatic nitrogens is 4. The summed E-state index contributed by atoms with van der Waals surface area (Å²) in [6.07, 6.45) is 2.39. The number of rotatable bonds is 2. The maximum Gasteiger partial charge on any atom is 0.349 e. The molecule has 0 spiro atoms. The molecule has 1 saturated carbocycles. The van der Waals surface area contributed by atoms with Crippen LogP contribution in [-0.4, -0.2) is 25.6 Å².